The van der Waals surface area contributed by atoms with Gasteiger partial charge in [0, 0.05) is 16.0 Å². The van der Waals surface area contributed by atoms with E-state index in [-0.39, 0.29) is 12.1 Å². The van der Waals surface area contributed by atoms with E-state index in [9.17, 15) is 0 Å². The molecule has 2 nitrogen and oxygen atoms in total. The lowest BCUT2D eigenvalue weighted by Gasteiger charge is -2.24. The first-order valence-electron chi connectivity index (χ1n) is 5.78. The smallest absolute Gasteiger partial charge is 0.0749 e. The lowest BCUT2D eigenvalue weighted by molar-refractivity contribution is 0.0480. The predicted octanol–water partition coefficient (Wildman–Crippen LogP) is 3.98. The van der Waals surface area contributed by atoms with Crippen molar-refractivity contribution in [2.45, 2.75) is 39.3 Å². The maximum absolute atomic E-state index is 5.70. The van der Waals surface area contributed by atoms with Crippen LogP contribution in [-0.2, 0) is 4.74 Å². The molecule has 2 atom stereocenters. The summed E-state index contributed by atoms with van der Waals surface area (Å²) in [5.74, 6) is 0. The van der Waals surface area contributed by atoms with E-state index in [2.05, 4.69) is 46.5 Å². The molecule has 0 aliphatic heterocycles. The minimum atomic E-state index is 0.200. The van der Waals surface area contributed by atoms with E-state index in [4.69, 9.17) is 4.74 Å². The van der Waals surface area contributed by atoms with Crippen LogP contribution in [0.1, 0.15) is 38.1 Å². The van der Waals surface area contributed by atoms with Crippen molar-refractivity contribution in [3.05, 3.63) is 20.8 Å². The van der Waals surface area contributed by atoms with E-state index >= 15 is 0 Å². The Balaban J connectivity index is 2.74. The molecule has 0 saturated heterocycles. The van der Waals surface area contributed by atoms with Gasteiger partial charge in [-0.1, -0.05) is 6.92 Å². The van der Waals surface area contributed by atoms with E-state index in [0.29, 0.717) is 0 Å². The highest BCUT2D eigenvalue weighted by molar-refractivity contribution is 9.10. The van der Waals surface area contributed by atoms with Gasteiger partial charge in [-0.25, -0.2) is 0 Å². The first kappa shape index (κ1) is 14.2. The van der Waals surface area contributed by atoms with E-state index in [1.807, 2.05) is 6.92 Å². The fourth-order valence-corrected chi connectivity index (χ4v) is 3.45. The monoisotopic (exact) mass is 305 g/mol. The van der Waals surface area contributed by atoms with Crippen molar-refractivity contribution < 1.29 is 4.74 Å². The summed E-state index contributed by atoms with van der Waals surface area (Å²) in [6.45, 7) is 8.12. The average molecular weight is 306 g/mol. The molecule has 0 amide bonds. The highest BCUT2D eigenvalue weighted by Crippen LogP contribution is 2.31. The van der Waals surface area contributed by atoms with Gasteiger partial charge in [-0.2, -0.15) is 0 Å². The van der Waals surface area contributed by atoms with E-state index in [1.54, 1.807) is 11.3 Å². The zero-order valence-corrected chi connectivity index (χ0v) is 12.5. The van der Waals surface area contributed by atoms with Crippen molar-refractivity contribution in [1.29, 1.82) is 0 Å². The minimum Gasteiger partial charge on any atom is -0.377 e. The van der Waals surface area contributed by atoms with Crippen LogP contribution in [0.2, 0.25) is 0 Å². The molecule has 0 aliphatic carbocycles. The zero-order valence-electron chi connectivity index (χ0n) is 10.1. The van der Waals surface area contributed by atoms with Crippen LogP contribution in [0.5, 0.6) is 0 Å². The molecule has 1 rings (SSSR count). The summed E-state index contributed by atoms with van der Waals surface area (Å²) in [5, 5.41) is 5.66. The van der Waals surface area contributed by atoms with E-state index < -0.39 is 0 Å². The highest BCUT2D eigenvalue weighted by atomic mass is 79.9. The molecular weight excluding hydrogens is 286 g/mol. The van der Waals surface area contributed by atoms with Crippen LogP contribution in [0.3, 0.4) is 0 Å². The SMILES string of the molecule is CCCNC(c1sccc1Br)C(C)OCC. The third-order valence-electron chi connectivity index (χ3n) is 2.44. The molecule has 0 aliphatic rings. The van der Waals surface area contributed by atoms with Gasteiger partial charge in [0.1, 0.15) is 0 Å². The molecule has 0 radical (unpaired) electrons. The fraction of sp³-hybridized carbons (Fsp3) is 0.667. The summed E-state index contributed by atoms with van der Waals surface area (Å²) in [7, 11) is 0. The number of nitrogens with one attached hydrogen (secondary N) is 1. The Morgan fingerprint density at radius 3 is 2.75 bits per heavy atom. The molecule has 0 fully saturated rings. The van der Waals surface area contributed by atoms with Crippen molar-refractivity contribution in [3.63, 3.8) is 0 Å². The lowest BCUT2D eigenvalue weighted by atomic mass is 10.1. The molecular formula is C12H20BrNOS. The van der Waals surface area contributed by atoms with Gasteiger partial charge in [-0.15, -0.1) is 11.3 Å². The largest absolute Gasteiger partial charge is 0.377 e. The average Bonchev–Trinajstić information content (AvgIpc) is 2.66. The van der Waals surface area contributed by atoms with Crippen LogP contribution >= 0.6 is 27.3 Å². The molecule has 0 bridgehead atoms. The second kappa shape index (κ2) is 7.43. The molecule has 1 aromatic rings. The Morgan fingerprint density at radius 1 is 1.50 bits per heavy atom. The molecule has 1 heterocycles. The van der Waals surface area contributed by atoms with Crippen molar-refractivity contribution >= 4 is 27.3 Å². The van der Waals surface area contributed by atoms with E-state index in [0.717, 1.165) is 19.6 Å². The maximum atomic E-state index is 5.70. The lowest BCUT2D eigenvalue weighted by Crippen LogP contribution is -2.32. The second-order valence-corrected chi connectivity index (χ2v) is 5.53. The summed E-state index contributed by atoms with van der Waals surface area (Å²) in [6, 6.07) is 2.38. The Bertz CT molecular complexity index is 303. The normalized spacial score (nSPS) is 15.0. The quantitative estimate of drug-likeness (QED) is 0.823. The predicted molar refractivity (Wildman–Crippen MR) is 74.1 cm³/mol. The second-order valence-electron chi connectivity index (χ2n) is 3.73. The standard InChI is InChI=1S/C12H20BrNOS/c1-4-7-14-11(9(3)15-5-2)12-10(13)6-8-16-12/h6,8-9,11,14H,4-5,7H2,1-3H3. The fourth-order valence-electron chi connectivity index (χ4n) is 1.66. The van der Waals surface area contributed by atoms with Gasteiger partial charge in [0.25, 0.3) is 0 Å². The molecule has 0 spiro atoms. The third-order valence-corrected chi connectivity index (χ3v) is 4.39. The Hall–Kier alpha value is 0.1000. The Labute approximate surface area is 111 Å². The maximum Gasteiger partial charge on any atom is 0.0749 e. The highest BCUT2D eigenvalue weighted by Gasteiger charge is 2.22. The van der Waals surface area contributed by atoms with Crippen LogP contribution in [0.25, 0.3) is 0 Å². The first-order valence-corrected chi connectivity index (χ1v) is 7.45. The third kappa shape index (κ3) is 3.84. The number of halogens is 1. The topological polar surface area (TPSA) is 21.3 Å². The number of rotatable bonds is 7. The molecule has 4 heteroatoms. The van der Waals surface area contributed by atoms with Crippen LogP contribution in [0.15, 0.2) is 15.9 Å². The van der Waals surface area contributed by atoms with Gasteiger partial charge < -0.3 is 10.1 Å². The molecule has 2 unspecified atom stereocenters. The van der Waals surface area contributed by atoms with Gasteiger partial charge in [-0.05, 0) is 54.2 Å². The molecule has 92 valence electrons. The van der Waals surface area contributed by atoms with E-state index in [1.165, 1.54) is 9.35 Å². The minimum absolute atomic E-state index is 0.200. The van der Waals surface area contributed by atoms with Gasteiger partial charge >= 0.3 is 0 Å². The Morgan fingerprint density at radius 2 is 2.25 bits per heavy atom. The summed E-state index contributed by atoms with van der Waals surface area (Å²) < 4.78 is 6.88. The molecule has 16 heavy (non-hydrogen) atoms. The first-order chi connectivity index (χ1) is 7.70. The summed E-state index contributed by atoms with van der Waals surface area (Å²) in [5.41, 5.74) is 0. The van der Waals surface area contributed by atoms with Gasteiger partial charge in [0.15, 0.2) is 0 Å². The van der Waals surface area contributed by atoms with Crippen molar-refractivity contribution in [1.82, 2.24) is 5.32 Å². The van der Waals surface area contributed by atoms with Crippen molar-refractivity contribution in [2.75, 3.05) is 13.2 Å². The molecule has 0 saturated carbocycles. The Kier molecular flexibility index (Phi) is 6.58. The van der Waals surface area contributed by atoms with Crippen LogP contribution in [-0.4, -0.2) is 19.3 Å². The molecule has 0 aromatic carbocycles. The number of hydrogen-bond donors (Lipinski definition) is 1. The summed E-state index contributed by atoms with van der Waals surface area (Å²) in [6.07, 6.45) is 1.34. The zero-order chi connectivity index (χ0) is 12.0. The van der Waals surface area contributed by atoms with Crippen molar-refractivity contribution in [3.8, 4) is 0 Å². The molecule has 1 aromatic heterocycles. The van der Waals surface area contributed by atoms with Crippen LogP contribution in [0.4, 0.5) is 0 Å². The summed E-state index contributed by atoms with van der Waals surface area (Å²) in [4.78, 5) is 1.33. The number of ether oxygens (including phenoxy) is 1. The van der Waals surface area contributed by atoms with Gasteiger partial charge in [0.05, 0.1) is 12.1 Å². The van der Waals surface area contributed by atoms with Gasteiger partial charge in [0.2, 0.25) is 0 Å². The van der Waals surface area contributed by atoms with Gasteiger partial charge in [-0.3, -0.25) is 0 Å². The number of thiophene rings is 1. The molecule has 1 N–H and O–H groups in total. The van der Waals surface area contributed by atoms with Crippen LogP contribution < -0.4 is 5.32 Å². The van der Waals surface area contributed by atoms with Crippen molar-refractivity contribution in [2.24, 2.45) is 0 Å². The van der Waals surface area contributed by atoms with Crippen LogP contribution in [0, 0.1) is 0 Å². The number of hydrogen-bond acceptors (Lipinski definition) is 3. The summed E-state index contributed by atoms with van der Waals surface area (Å²) >= 11 is 5.37.